The van der Waals surface area contributed by atoms with Gasteiger partial charge in [-0.05, 0) is 42.8 Å². The first kappa shape index (κ1) is 17.3. The van der Waals surface area contributed by atoms with Gasteiger partial charge in [0.25, 0.3) is 0 Å². The first-order valence-corrected chi connectivity index (χ1v) is 9.17. The van der Waals surface area contributed by atoms with Gasteiger partial charge in [0.05, 0.1) is 20.3 Å². The number of Topliss-reactive ketones (excluding diaryl/α,β-unsaturated/α-hetero) is 1. The lowest BCUT2D eigenvalue weighted by Crippen LogP contribution is -2.43. The average Bonchev–Trinajstić information content (AvgIpc) is 3.22. The molecule has 28 heavy (non-hydrogen) atoms. The van der Waals surface area contributed by atoms with Gasteiger partial charge in [0, 0.05) is 23.8 Å². The van der Waals surface area contributed by atoms with Crippen molar-refractivity contribution >= 4 is 5.78 Å². The molecule has 0 aromatic heterocycles. The van der Waals surface area contributed by atoms with Gasteiger partial charge in [-0.1, -0.05) is 0 Å². The van der Waals surface area contributed by atoms with E-state index in [0.717, 1.165) is 23.1 Å². The second kappa shape index (κ2) is 6.12. The van der Waals surface area contributed by atoms with Crippen molar-refractivity contribution in [3.05, 3.63) is 46.5 Å². The Hall–Kier alpha value is -2.77. The van der Waals surface area contributed by atoms with Gasteiger partial charge in [0.1, 0.15) is 0 Å². The van der Waals surface area contributed by atoms with Gasteiger partial charge in [0.15, 0.2) is 28.6 Å². The van der Waals surface area contributed by atoms with E-state index in [1.54, 1.807) is 33.5 Å². The van der Waals surface area contributed by atoms with Crippen LogP contribution in [0.4, 0.5) is 0 Å². The molecule has 2 aliphatic heterocycles. The molecule has 0 saturated carbocycles. The van der Waals surface area contributed by atoms with Crippen molar-refractivity contribution in [3.8, 4) is 23.0 Å². The summed E-state index contributed by atoms with van der Waals surface area (Å²) in [5.74, 6) is 2.35. The lowest BCUT2D eigenvalue weighted by Gasteiger charge is -2.33. The summed E-state index contributed by atoms with van der Waals surface area (Å²) in [6, 6.07) is 6.96. The molecule has 2 heterocycles. The van der Waals surface area contributed by atoms with Crippen molar-refractivity contribution in [1.82, 2.24) is 5.32 Å². The van der Waals surface area contributed by atoms with Crippen molar-refractivity contribution in [2.24, 2.45) is 0 Å². The summed E-state index contributed by atoms with van der Waals surface area (Å²) in [6.07, 6.45) is 0.739. The van der Waals surface area contributed by atoms with Crippen LogP contribution in [0.5, 0.6) is 23.0 Å². The van der Waals surface area contributed by atoms with E-state index in [1.807, 2.05) is 12.1 Å². The average molecular weight is 383 g/mol. The number of methoxy groups -OCH3 is 3. The van der Waals surface area contributed by atoms with Crippen LogP contribution >= 0.6 is 0 Å². The molecule has 5 rings (SSSR count). The number of ether oxygens (including phenoxy) is 5. The van der Waals surface area contributed by atoms with E-state index in [9.17, 15) is 4.79 Å². The first-order chi connectivity index (χ1) is 13.7. The van der Waals surface area contributed by atoms with Crippen LogP contribution in [0, 0.1) is 0 Å². The molecule has 0 amide bonds. The van der Waals surface area contributed by atoms with E-state index >= 15 is 0 Å². The molecule has 2 aromatic rings. The van der Waals surface area contributed by atoms with Crippen LogP contribution in [-0.4, -0.2) is 40.5 Å². The Morgan fingerprint density at radius 2 is 1.89 bits per heavy atom. The highest BCUT2D eigenvalue weighted by Crippen LogP contribution is 2.56. The Balaban J connectivity index is 1.79. The largest absolute Gasteiger partial charge is 0.493 e. The van der Waals surface area contributed by atoms with E-state index in [4.69, 9.17) is 23.7 Å². The van der Waals surface area contributed by atoms with Crippen molar-refractivity contribution in [1.29, 1.82) is 0 Å². The van der Waals surface area contributed by atoms with Crippen molar-refractivity contribution in [2.75, 3.05) is 34.7 Å². The molecular formula is C21H21NO6. The highest BCUT2D eigenvalue weighted by Gasteiger charge is 2.58. The Bertz CT molecular complexity index is 987. The monoisotopic (exact) mass is 383 g/mol. The first-order valence-electron chi connectivity index (χ1n) is 9.17. The Morgan fingerprint density at radius 3 is 2.61 bits per heavy atom. The van der Waals surface area contributed by atoms with Crippen molar-refractivity contribution in [2.45, 2.75) is 18.1 Å². The second-order valence-electron chi connectivity index (χ2n) is 7.03. The molecule has 0 fully saturated rings. The number of carbonyl (C=O) groups is 1. The number of benzene rings is 2. The number of hydrogen-bond acceptors (Lipinski definition) is 7. The summed E-state index contributed by atoms with van der Waals surface area (Å²) in [6.45, 7) is 0.856. The highest BCUT2D eigenvalue weighted by molar-refractivity contribution is 6.09. The van der Waals surface area contributed by atoms with Gasteiger partial charge in [-0.15, -0.1) is 0 Å². The lowest BCUT2D eigenvalue weighted by atomic mass is 9.83. The van der Waals surface area contributed by atoms with Crippen LogP contribution in [0.3, 0.4) is 0 Å². The fourth-order valence-corrected chi connectivity index (χ4v) is 4.70. The fraction of sp³-hybridized carbons (Fsp3) is 0.381. The van der Waals surface area contributed by atoms with Gasteiger partial charge >= 0.3 is 0 Å². The van der Waals surface area contributed by atoms with Gasteiger partial charge in [-0.2, -0.15) is 0 Å². The smallest absolute Gasteiger partial charge is 0.231 e. The summed E-state index contributed by atoms with van der Waals surface area (Å²) in [5.41, 5.74) is 1.93. The normalized spacial score (nSPS) is 24.2. The number of rotatable bonds is 3. The maximum absolute atomic E-state index is 13.7. The van der Waals surface area contributed by atoms with Crippen LogP contribution in [0.15, 0.2) is 24.3 Å². The fourth-order valence-electron chi connectivity index (χ4n) is 4.70. The molecule has 0 unspecified atom stereocenters. The van der Waals surface area contributed by atoms with E-state index in [0.29, 0.717) is 35.1 Å². The summed E-state index contributed by atoms with van der Waals surface area (Å²) >= 11 is 0. The molecule has 0 spiro atoms. The molecule has 7 nitrogen and oxygen atoms in total. The quantitative estimate of drug-likeness (QED) is 0.872. The Kier molecular flexibility index (Phi) is 3.79. The molecule has 0 bridgehead atoms. The molecule has 0 radical (unpaired) electrons. The zero-order chi connectivity index (χ0) is 19.5. The third kappa shape index (κ3) is 2.03. The molecule has 1 N–H and O–H groups in total. The predicted molar refractivity (Wildman–Crippen MR) is 99.6 cm³/mol. The molecule has 7 heteroatoms. The molecule has 2 atom stereocenters. The number of hydrogen-bond donors (Lipinski definition) is 1. The third-order valence-electron chi connectivity index (χ3n) is 5.92. The second-order valence-corrected chi connectivity index (χ2v) is 7.03. The molecule has 1 aliphatic carbocycles. The molecule has 2 aromatic carbocycles. The molecule has 146 valence electrons. The molecular weight excluding hydrogens is 362 g/mol. The van der Waals surface area contributed by atoms with Crippen LogP contribution in [0.25, 0.3) is 0 Å². The highest BCUT2D eigenvalue weighted by atomic mass is 16.7. The number of ketones is 1. The topological polar surface area (TPSA) is 75.2 Å². The Labute approximate surface area is 162 Å². The maximum atomic E-state index is 13.7. The summed E-state index contributed by atoms with van der Waals surface area (Å²) < 4.78 is 28.3. The predicted octanol–water partition coefficient (Wildman–Crippen LogP) is 2.36. The third-order valence-corrected chi connectivity index (χ3v) is 5.92. The van der Waals surface area contributed by atoms with E-state index < -0.39 is 11.6 Å². The van der Waals surface area contributed by atoms with Crippen LogP contribution in [0.1, 0.15) is 33.1 Å². The minimum atomic E-state index is -1.21. The standard InChI is InChI=1S/C21H21NO6/c1-24-14-5-4-12-17(18(14)25-2)19-21(26-3,20(12)23)13-9-16-15(27-10-28-16)8-11(13)6-7-22-19/h4-5,8-9,19,22H,6-7,10H2,1-3H3/t19-,21-/m0/s1. The van der Waals surface area contributed by atoms with Crippen LogP contribution < -0.4 is 24.3 Å². The molecule has 0 saturated heterocycles. The van der Waals surface area contributed by atoms with Gasteiger partial charge in [-0.3, -0.25) is 4.79 Å². The summed E-state index contributed by atoms with van der Waals surface area (Å²) in [5, 5.41) is 3.51. The van der Waals surface area contributed by atoms with E-state index in [-0.39, 0.29) is 12.6 Å². The van der Waals surface area contributed by atoms with Gasteiger partial charge < -0.3 is 29.0 Å². The van der Waals surface area contributed by atoms with Crippen LogP contribution in [0.2, 0.25) is 0 Å². The van der Waals surface area contributed by atoms with E-state index in [1.165, 1.54) is 0 Å². The minimum absolute atomic E-state index is 0.106. The number of nitrogens with one attached hydrogen (secondary N) is 1. The lowest BCUT2D eigenvalue weighted by molar-refractivity contribution is -0.0179. The van der Waals surface area contributed by atoms with Crippen LogP contribution in [-0.2, 0) is 16.8 Å². The summed E-state index contributed by atoms with van der Waals surface area (Å²) in [4.78, 5) is 13.7. The number of carbonyl (C=O) groups excluding carboxylic acids is 1. The maximum Gasteiger partial charge on any atom is 0.231 e. The minimum Gasteiger partial charge on any atom is -0.493 e. The number of fused-ring (bicyclic) bond motifs is 6. The van der Waals surface area contributed by atoms with Crippen molar-refractivity contribution < 1.29 is 28.5 Å². The van der Waals surface area contributed by atoms with Gasteiger partial charge in [0.2, 0.25) is 12.6 Å². The van der Waals surface area contributed by atoms with Crippen molar-refractivity contribution in [3.63, 3.8) is 0 Å². The van der Waals surface area contributed by atoms with Gasteiger partial charge in [-0.25, -0.2) is 0 Å². The van der Waals surface area contributed by atoms with E-state index in [2.05, 4.69) is 5.32 Å². The zero-order valence-corrected chi connectivity index (χ0v) is 16.0. The Morgan fingerprint density at radius 1 is 1.11 bits per heavy atom. The summed E-state index contributed by atoms with van der Waals surface area (Å²) in [7, 11) is 4.74. The SMILES string of the molecule is COc1ccc2c(c1OC)[C@@H]1NCCc3cc4c(cc3[C@@]1(OC)C2=O)OCO4. The molecule has 3 aliphatic rings. The zero-order valence-electron chi connectivity index (χ0n) is 16.0.